The first-order valence-electron chi connectivity index (χ1n) is 9.14. The highest BCUT2D eigenvalue weighted by Crippen LogP contribution is 2.35. The van der Waals surface area contributed by atoms with Gasteiger partial charge in [0.05, 0.1) is 0 Å². The molecule has 0 aliphatic heterocycles. The smallest absolute Gasteiger partial charge is 0.251 e. The minimum atomic E-state index is 0.0340. The molecule has 2 aromatic rings. The Morgan fingerprint density at radius 1 is 1.00 bits per heavy atom. The van der Waals surface area contributed by atoms with Gasteiger partial charge in [-0.3, -0.25) is 4.79 Å². The summed E-state index contributed by atoms with van der Waals surface area (Å²) in [6.07, 6.45) is 6.55. The SMILES string of the molecule is Cc1ccc(C(=O)NC[C@@H](c2ccccc2)C2CCCCC2)cc1. The average Bonchev–Trinajstić information content (AvgIpc) is 2.64. The standard InChI is InChI=1S/C22H27NO/c1-17-12-14-20(15-13-17)22(24)23-16-21(18-8-4-2-5-9-18)19-10-6-3-7-11-19/h2,4-5,8-9,12-15,19,21H,3,6-7,10-11,16H2,1H3,(H,23,24)/t21-/m0/s1. The topological polar surface area (TPSA) is 29.1 Å². The predicted molar refractivity (Wildman–Crippen MR) is 99.3 cm³/mol. The van der Waals surface area contributed by atoms with Gasteiger partial charge in [-0.2, -0.15) is 0 Å². The highest BCUT2D eigenvalue weighted by atomic mass is 16.1. The first-order valence-corrected chi connectivity index (χ1v) is 9.14. The van der Waals surface area contributed by atoms with E-state index in [1.807, 2.05) is 31.2 Å². The van der Waals surface area contributed by atoms with Crippen LogP contribution in [0.25, 0.3) is 0 Å². The van der Waals surface area contributed by atoms with E-state index < -0.39 is 0 Å². The number of aryl methyl sites for hydroxylation is 1. The molecule has 0 saturated heterocycles. The van der Waals surface area contributed by atoms with Gasteiger partial charge in [-0.05, 0) is 43.4 Å². The average molecular weight is 321 g/mol. The summed E-state index contributed by atoms with van der Waals surface area (Å²) in [6, 6.07) is 18.5. The quantitative estimate of drug-likeness (QED) is 0.816. The van der Waals surface area contributed by atoms with Gasteiger partial charge in [0.2, 0.25) is 0 Å². The lowest BCUT2D eigenvalue weighted by Gasteiger charge is -2.31. The van der Waals surface area contributed by atoms with Gasteiger partial charge < -0.3 is 5.32 Å². The van der Waals surface area contributed by atoms with Crippen LogP contribution in [0.2, 0.25) is 0 Å². The van der Waals surface area contributed by atoms with E-state index in [4.69, 9.17) is 0 Å². The summed E-state index contributed by atoms with van der Waals surface area (Å²) < 4.78 is 0. The Morgan fingerprint density at radius 2 is 1.67 bits per heavy atom. The molecule has 0 aromatic heterocycles. The molecule has 1 saturated carbocycles. The summed E-state index contributed by atoms with van der Waals surface area (Å²) in [5.74, 6) is 1.13. The Balaban J connectivity index is 1.69. The number of hydrogen-bond donors (Lipinski definition) is 1. The van der Waals surface area contributed by atoms with Crippen molar-refractivity contribution in [2.75, 3.05) is 6.54 Å². The molecule has 1 fully saturated rings. The van der Waals surface area contributed by atoms with Gasteiger partial charge in [0.15, 0.2) is 0 Å². The Labute approximate surface area is 145 Å². The van der Waals surface area contributed by atoms with E-state index in [-0.39, 0.29) is 5.91 Å². The van der Waals surface area contributed by atoms with Gasteiger partial charge in [-0.15, -0.1) is 0 Å². The molecule has 0 spiro atoms. The Hall–Kier alpha value is -2.09. The molecule has 1 aliphatic rings. The molecule has 0 bridgehead atoms. The van der Waals surface area contributed by atoms with Crippen LogP contribution in [0.15, 0.2) is 54.6 Å². The first-order chi connectivity index (χ1) is 11.7. The third-order valence-electron chi connectivity index (χ3n) is 5.24. The molecule has 0 unspecified atom stereocenters. The Morgan fingerprint density at radius 3 is 2.33 bits per heavy atom. The van der Waals surface area contributed by atoms with Crippen LogP contribution in [0.4, 0.5) is 0 Å². The summed E-state index contributed by atoms with van der Waals surface area (Å²) in [7, 11) is 0. The van der Waals surface area contributed by atoms with E-state index in [0.29, 0.717) is 11.8 Å². The highest BCUT2D eigenvalue weighted by molar-refractivity contribution is 5.94. The van der Waals surface area contributed by atoms with Crippen LogP contribution < -0.4 is 5.32 Å². The fraction of sp³-hybridized carbons (Fsp3) is 0.409. The normalized spacial score (nSPS) is 16.5. The second-order valence-corrected chi connectivity index (χ2v) is 6.99. The van der Waals surface area contributed by atoms with Crippen molar-refractivity contribution in [3.05, 3.63) is 71.3 Å². The lowest BCUT2D eigenvalue weighted by Crippen LogP contribution is -2.32. The number of amides is 1. The number of hydrogen-bond acceptors (Lipinski definition) is 1. The van der Waals surface area contributed by atoms with Crippen molar-refractivity contribution in [3.8, 4) is 0 Å². The maximum absolute atomic E-state index is 12.5. The van der Waals surface area contributed by atoms with Crippen LogP contribution in [0.1, 0.15) is 59.5 Å². The maximum Gasteiger partial charge on any atom is 0.251 e. The lowest BCUT2D eigenvalue weighted by molar-refractivity contribution is 0.0946. The second-order valence-electron chi connectivity index (χ2n) is 6.99. The molecule has 2 aromatic carbocycles. The monoisotopic (exact) mass is 321 g/mol. The summed E-state index contributed by atoms with van der Waals surface area (Å²) in [5.41, 5.74) is 3.28. The van der Waals surface area contributed by atoms with E-state index in [9.17, 15) is 4.79 Å². The highest BCUT2D eigenvalue weighted by Gasteiger charge is 2.25. The van der Waals surface area contributed by atoms with Gasteiger partial charge >= 0.3 is 0 Å². The third-order valence-corrected chi connectivity index (χ3v) is 5.24. The van der Waals surface area contributed by atoms with Crippen LogP contribution in [-0.2, 0) is 0 Å². The number of carbonyl (C=O) groups excluding carboxylic acids is 1. The Bertz CT molecular complexity index is 641. The van der Waals surface area contributed by atoms with Crippen molar-refractivity contribution in [3.63, 3.8) is 0 Å². The van der Waals surface area contributed by atoms with E-state index in [1.54, 1.807) is 0 Å². The van der Waals surface area contributed by atoms with E-state index >= 15 is 0 Å². The molecule has 24 heavy (non-hydrogen) atoms. The van der Waals surface area contributed by atoms with E-state index in [0.717, 1.165) is 12.1 Å². The molecule has 0 radical (unpaired) electrons. The van der Waals surface area contributed by atoms with Gasteiger partial charge in [-0.25, -0.2) is 0 Å². The van der Waals surface area contributed by atoms with Gasteiger partial charge in [0.1, 0.15) is 0 Å². The molecule has 2 heteroatoms. The molecule has 1 N–H and O–H groups in total. The first kappa shape index (κ1) is 16.8. The van der Waals surface area contributed by atoms with Crippen molar-refractivity contribution in [1.82, 2.24) is 5.32 Å². The zero-order valence-corrected chi connectivity index (χ0v) is 14.5. The summed E-state index contributed by atoms with van der Waals surface area (Å²) >= 11 is 0. The maximum atomic E-state index is 12.5. The van der Waals surface area contributed by atoms with Crippen LogP contribution in [0.3, 0.4) is 0 Å². The molecule has 1 atom stereocenters. The van der Waals surface area contributed by atoms with Crippen molar-refractivity contribution in [1.29, 1.82) is 0 Å². The Kier molecular flexibility index (Phi) is 5.68. The fourth-order valence-corrected chi connectivity index (χ4v) is 3.80. The van der Waals surface area contributed by atoms with Crippen molar-refractivity contribution in [2.45, 2.75) is 44.9 Å². The van der Waals surface area contributed by atoms with Crippen LogP contribution in [0, 0.1) is 12.8 Å². The fourth-order valence-electron chi connectivity index (χ4n) is 3.80. The minimum absolute atomic E-state index is 0.0340. The molecule has 1 aliphatic carbocycles. The molecular weight excluding hydrogens is 294 g/mol. The van der Waals surface area contributed by atoms with Crippen LogP contribution in [-0.4, -0.2) is 12.5 Å². The van der Waals surface area contributed by atoms with E-state index in [2.05, 4.69) is 35.6 Å². The minimum Gasteiger partial charge on any atom is -0.351 e. The summed E-state index contributed by atoms with van der Waals surface area (Å²) in [6.45, 7) is 2.76. The zero-order valence-electron chi connectivity index (χ0n) is 14.5. The lowest BCUT2D eigenvalue weighted by atomic mass is 9.76. The largest absolute Gasteiger partial charge is 0.351 e. The van der Waals surface area contributed by atoms with Crippen LogP contribution >= 0.6 is 0 Å². The van der Waals surface area contributed by atoms with Crippen molar-refractivity contribution in [2.24, 2.45) is 5.92 Å². The number of rotatable bonds is 5. The molecule has 126 valence electrons. The molecule has 1 amide bonds. The van der Waals surface area contributed by atoms with Gasteiger partial charge in [0, 0.05) is 18.0 Å². The second kappa shape index (κ2) is 8.14. The molecule has 0 heterocycles. The molecule has 3 rings (SSSR count). The summed E-state index contributed by atoms with van der Waals surface area (Å²) in [5, 5.41) is 3.18. The van der Waals surface area contributed by atoms with Gasteiger partial charge in [-0.1, -0.05) is 67.3 Å². The van der Waals surface area contributed by atoms with E-state index in [1.165, 1.54) is 43.2 Å². The van der Waals surface area contributed by atoms with Crippen molar-refractivity contribution >= 4 is 5.91 Å². The molecule has 2 nitrogen and oxygen atoms in total. The zero-order chi connectivity index (χ0) is 16.8. The number of carbonyl (C=O) groups is 1. The third kappa shape index (κ3) is 4.25. The number of nitrogens with one attached hydrogen (secondary N) is 1. The van der Waals surface area contributed by atoms with Crippen LogP contribution in [0.5, 0.6) is 0 Å². The van der Waals surface area contributed by atoms with Gasteiger partial charge in [0.25, 0.3) is 5.91 Å². The molecular formula is C22H27NO. The number of benzene rings is 2. The summed E-state index contributed by atoms with van der Waals surface area (Å²) in [4.78, 5) is 12.5. The predicted octanol–water partition coefficient (Wildman–Crippen LogP) is 5.09. The van der Waals surface area contributed by atoms with Crippen molar-refractivity contribution < 1.29 is 4.79 Å².